The van der Waals surface area contributed by atoms with Crippen LogP contribution in [0.3, 0.4) is 0 Å². The first-order chi connectivity index (χ1) is 9.92. The van der Waals surface area contributed by atoms with E-state index in [0.717, 1.165) is 21.9 Å². The van der Waals surface area contributed by atoms with Crippen LogP contribution in [-0.4, -0.2) is 25.7 Å². The van der Waals surface area contributed by atoms with E-state index in [1.54, 1.807) is 24.4 Å². The van der Waals surface area contributed by atoms with E-state index in [0.29, 0.717) is 0 Å². The van der Waals surface area contributed by atoms with E-state index in [1.807, 2.05) is 0 Å². The van der Waals surface area contributed by atoms with Gasteiger partial charge in [-0.3, -0.25) is 0 Å². The molecule has 0 saturated heterocycles. The zero-order valence-electron chi connectivity index (χ0n) is 12.3. The van der Waals surface area contributed by atoms with Crippen LogP contribution >= 0.6 is 11.8 Å². The van der Waals surface area contributed by atoms with Gasteiger partial charge in [-0.2, -0.15) is 0 Å². The molecule has 20 heavy (non-hydrogen) atoms. The van der Waals surface area contributed by atoms with Crippen LogP contribution in [-0.2, 0) is 0 Å². The number of thioether (sulfide) groups is 1. The zero-order chi connectivity index (χ0) is 14.0. The van der Waals surface area contributed by atoms with Gasteiger partial charge in [-0.1, -0.05) is 51.9 Å². The molecule has 0 atom stereocenters. The van der Waals surface area contributed by atoms with Crippen molar-refractivity contribution in [3.05, 3.63) is 12.7 Å². The Kier molecular flexibility index (Phi) is 6.84. The first kappa shape index (κ1) is 15.3. The minimum absolute atomic E-state index is 0.762. The number of aromatic amines is 1. The topological polar surface area (TPSA) is 54.5 Å². The molecule has 0 aliphatic carbocycles. The highest BCUT2D eigenvalue weighted by Gasteiger charge is 2.05. The predicted molar refractivity (Wildman–Crippen MR) is 85.0 cm³/mol. The lowest BCUT2D eigenvalue weighted by molar-refractivity contribution is 0.586. The van der Waals surface area contributed by atoms with Crippen LogP contribution < -0.4 is 0 Å². The van der Waals surface area contributed by atoms with E-state index in [2.05, 4.69) is 26.9 Å². The molecule has 0 fully saturated rings. The van der Waals surface area contributed by atoms with Crippen LogP contribution in [0.25, 0.3) is 11.2 Å². The van der Waals surface area contributed by atoms with Crippen molar-refractivity contribution in [2.45, 2.75) is 63.3 Å². The fraction of sp³-hybridized carbons (Fsp3) is 0.667. The lowest BCUT2D eigenvalue weighted by Gasteiger charge is -2.02. The summed E-state index contributed by atoms with van der Waals surface area (Å²) in [5.74, 6) is 1.13. The molecule has 0 saturated carbocycles. The quantitative estimate of drug-likeness (QED) is 0.395. The van der Waals surface area contributed by atoms with Crippen LogP contribution in [0.5, 0.6) is 0 Å². The van der Waals surface area contributed by atoms with E-state index in [-0.39, 0.29) is 0 Å². The van der Waals surface area contributed by atoms with Crippen molar-refractivity contribution in [2.75, 3.05) is 5.75 Å². The maximum absolute atomic E-state index is 4.33. The summed E-state index contributed by atoms with van der Waals surface area (Å²) in [5.41, 5.74) is 1.73. The second-order valence-electron chi connectivity index (χ2n) is 5.10. The highest BCUT2D eigenvalue weighted by molar-refractivity contribution is 7.99. The first-order valence-corrected chi connectivity index (χ1v) is 8.67. The third-order valence-electron chi connectivity index (χ3n) is 3.42. The molecule has 0 aromatic carbocycles. The van der Waals surface area contributed by atoms with Crippen molar-refractivity contribution >= 4 is 22.9 Å². The molecule has 0 aliphatic rings. The maximum atomic E-state index is 4.33. The second-order valence-corrected chi connectivity index (χ2v) is 6.19. The Morgan fingerprint density at radius 1 is 0.950 bits per heavy atom. The standard InChI is InChI=1S/C15H24N4S/c1-2-3-4-5-6-7-8-9-10-20-15-13-14(17-11-16-13)18-12-19-15/h11-12H,2-10H2,1H3,(H,16,17,18,19). The van der Waals surface area contributed by atoms with Gasteiger partial charge in [-0.15, -0.1) is 11.8 Å². The molecule has 2 aromatic heterocycles. The number of imidazole rings is 1. The molecule has 0 bridgehead atoms. The minimum Gasteiger partial charge on any atom is -0.341 e. The predicted octanol–water partition coefficient (Wildman–Crippen LogP) is 4.59. The normalized spacial score (nSPS) is 11.2. The number of hydrogen-bond acceptors (Lipinski definition) is 4. The van der Waals surface area contributed by atoms with Crippen molar-refractivity contribution in [1.82, 2.24) is 19.9 Å². The minimum atomic E-state index is 0.762. The Morgan fingerprint density at radius 2 is 1.70 bits per heavy atom. The van der Waals surface area contributed by atoms with Gasteiger partial charge in [0.05, 0.1) is 6.33 Å². The molecule has 110 valence electrons. The average Bonchev–Trinajstić information content (AvgIpc) is 2.95. The molecule has 2 rings (SSSR count). The average molecular weight is 292 g/mol. The van der Waals surface area contributed by atoms with E-state index >= 15 is 0 Å². The number of nitrogens with one attached hydrogen (secondary N) is 1. The van der Waals surface area contributed by atoms with E-state index in [9.17, 15) is 0 Å². The van der Waals surface area contributed by atoms with Gasteiger partial charge in [0.2, 0.25) is 0 Å². The zero-order valence-corrected chi connectivity index (χ0v) is 13.1. The summed E-state index contributed by atoms with van der Waals surface area (Å²) < 4.78 is 0. The summed E-state index contributed by atoms with van der Waals surface area (Å²) in [6.07, 6.45) is 14.2. The van der Waals surface area contributed by atoms with E-state index in [4.69, 9.17) is 0 Å². The van der Waals surface area contributed by atoms with Gasteiger partial charge in [0.1, 0.15) is 16.9 Å². The SMILES string of the molecule is CCCCCCCCCCSc1ncnc2nc[nH]c12. The highest BCUT2D eigenvalue weighted by atomic mass is 32.2. The molecule has 0 amide bonds. The van der Waals surface area contributed by atoms with Gasteiger partial charge < -0.3 is 4.98 Å². The lowest BCUT2D eigenvalue weighted by atomic mass is 10.1. The second kappa shape index (κ2) is 8.95. The molecule has 0 spiro atoms. The van der Waals surface area contributed by atoms with Crippen LogP contribution in [0.1, 0.15) is 58.3 Å². The van der Waals surface area contributed by atoms with E-state index in [1.165, 1.54) is 51.4 Å². The molecule has 4 nitrogen and oxygen atoms in total. The van der Waals surface area contributed by atoms with Gasteiger partial charge >= 0.3 is 0 Å². The Bertz CT molecular complexity index is 497. The number of hydrogen-bond donors (Lipinski definition) is 1. The van der Waals surface area contributed by atoms with Crippen LogP contribution in [0.15, 0.2) is 17.7 Å². The van der Waals surface area contributed by atoms with Gasteiger partial charge in [-0.05, 0) is 12.2 Å². The summed E-state index contributed by atoms with van der Waals surface area (Å²) in [6.45, 7) is 2.26. The number of fused-ring (bicyclic) bond motifs is 1. The maximum Gasteiger partial charge on any atom is 0.181 e. The van der Waals surface area contributed by atoms with Crippen LogP contribution in [0.4, 0.5) is 0 Å². The third kappa shape index (κ3) is 4.78. The molecule has 0 radical (unpaired) electrons. The first-order valence-electron chi connectivity index (χ1n) is 7.68. The molecule has 0 aliphatic heterocycles. The van der Waals surface area contributed by atoms with Gasteiger partial charge in [0.15, 0.2) is 5.65 Å². The number of aromatic nitrogens is 4. The van der Waals surface area contributed by atoms with Crippen molar-refractivity contribution in [3.8, 4) is 0 Å². The Labute approximate surface area is 125 Å². The number of rotatable bonds is 10. The Morgan fingerprint density at radius 3 is 2.50 bits per heavy atom. The number of nitrogens with zero attached hydrogens (tertiary/aromatic N) is 3. The van der Waals surface area contributed by atoms with Crippen molar-refractivity contribution in [3.63, 3.8) is 0 Å². The molecule has 5 heteroatoms. The number of unbranched alkanes of at least 4 members (excludes halogenated alkanes) is 7. The summed E-state index contributed by atoms with van der Waals surface area (Å²) in [6, 6.07) is 0. The van der Waals surface area contributed by atoms with Gasteiger partial charge in [0.25, 0.3) is 0 Å². The monoisotopic (exact) mass is 292 g/mol. The third-order valence-corrected chi connectivity index (χ3v) is 4.50. The summed E-state index contributed by atoms with van der Waals surface area (Å²) in [7, 11) is 0. The molecule has 2 heterocycles. The summed E-state index contributed by atoms with van der Waals surface area (Å²) >= 11 is 1.80. The molecule has 1 N–H and O–H groups in total. The smallest absolute Gasteiger partial charge is 0.181 e. The molecule has 0 unspecified atom stereocenters. The Hall–Kier alpha value is -1.10. The molecular weight excluding hydrogens is 268 g/mol. The largest absolute Gasteiger partial charge is 0.341 e. The highest BCUT2D eigenvalue weighted by Crippen LogP contribution is 2.23. The molecular formula is C15H24N4S. The van der Waals surface area contributed by atoms with Gasteiger partial charge in [-0.25, -0.2) is 15.0 Å². The Balaban J connectivity index is 1.58. The van der Waals surface area contributed by atoms with E-state index < -0.39 is 0 Å². The van der Waals surface area contributed by atoms with Crippen molar-refractivity contribution < 1.29 is 0 Å². The lowest BCUT2D eigenvalue weighted by Crippen LogP contribution is -1.88. The van der Waals surface area contributed by atoms with Crippen LogP contribution in [0.2, 0.25) is 0 Å². The summed E-state index contributed by atoms with van der Waals surface area (Å²) in [5, 5.41) is 1.02. The number of H-pyrrole nitrogens is 1. The molecule has 2 aromatic rings. The van der Waals surface area contributed by atoms with Gasteiger partial charge in [0, 0.05) is 0 Å². The fourth-order valence-corrected chi connectivity index (χ4v) is 3.22. The van der Waals surface area contributed by atoms with Crippen LogP contribution in [0, 0.1) is 0 Å². The van der Waals surface area contributed by atoms with Crippen molar-refractivity contribution in [2.24, 2.45) is 0 Å². The fourth-order valence-electron chi connectivity index (χ4n) is 2.26. The van der Waals surface area contributed by atoms with Crippen molar-refractivity contribution in [1.29, 1.82) is 0 Å². The summed E-state index contributed by atoms with van der Waals surface area (Å²) in [4.78, 5) is 15.7.